The number of hydrogen-bond donors (Lipinski definition) is 1. The highest BCUT2D eigenvalue weighted by Crippen LogP contribution is 2.32. The van der Waals surface area contributed by atoms with Crippen LogP contribution < -0.4 is 0 Å². The Hall–Kier alpha value is -1.69. The number of likely N-dealkylation sites (tertiary alicyclic amines) is 1. The van der Waals surface area contributed by atoms with Crippen molar-refractivity contribution >= 4 is 0 Å². The van der Waals surface area contributed by atoms with Crippen LogP contribution in [0.25, 0.3) is 0 Å². The van der Waals surface area contributed by atoms with Crippen LogP contribution in [0.4, 0.5) is 0 Å². The Morgan fingerprint density at radius 2 is 2.42 bits per heavy atom. The summed E-state index contributed by atoms with van der Waals surface area (Å²) in [7, 11) is 0. The molecule has 6 nitrogen and oxygen atoms in total. The van der Waals surface area contributed by atoms with Crippen LogP contribution in [0, 0.1) is 0 Å². The van der Waals surface area contributed by atoms with E-state index in [-0.39, 0.29) is 6.04 Å². The number of rotatable bonds is 4. The van der Waals surface area contributed by atoms with Gasteiger partial charge in [0.2, 0.25) is 5.89 Å². The molecular formula is C13H19N5O. The molecule has 3 rings (SSSR count). The number of hydrogen-bond acceptors (Lipinski definition) is 5. The number of nitrogens with zero attached hydrogens (tertiary/aromatic N) is 4. The molecule has 2 aromatic rings. The fourth-order valence-corrected chi connectivity index (χ4v) is 2.49. The van der Waals surface area contributed by atoms with E-state index in [4.69, 9.17) is 4.52 Å². The van der Waals surface area contributed by atoms with E-state index in [2.05, 4.69) is 38.9 Å². The highest BCUT2D eigenvalue weighted by atomic mass is 16.5. The maximum absolute atomic E-state index is 5.43. The maximum Gasteiger partial charge on any atom is 0.244 e. The van der Waals surface area contributed by atoms with E-state index < -0.39 is 0 Å². The molecule has 0 bridgehead atoms. The number of imidazole rings is 1. The summed E-state index contributed by atoms with van der Waals surface area (Å²) in [5, 5.41) is 4.06. The summed E-state index contributed by atoms with van der Waals surface area (Å²) < 4.78 is 5.43. The van der Waals surface area contributed by atoms with Gasteiger partial charge in [-0.15, -0.1) is 0 Å². The fourth-order valence-electron chi connectivity index (χ4n) is 2.49. The molecule has 0 radical (unpaired) electrons. The van der Waals surface area contributed by atoms with Crippen molar-refractivity contribution in [3.8, 4) is 0 Å². The van der Waals surface area contributed by atoms with Gasteiger partial charge >= 0.3 is 0 Å². The Bertz CT molecular complexity index is 519. The van der Waals surface area contributed by atoms with E-state index in [0.717, 1.165) is 43.5 Å². The lowest BCUT2D eigenvalue weighted by Gasteiger charge is -2.19. The molecule has 0 aromatic carbocycles. The first-order valence-electron chi connectivity index (χ1n) is 6.80. The predicted octanol–water partition coefficient (Wildman–Crippen LogP) is 2.25. The first kappa shape index (κ1) is 12.3. The van der Waals surface area contributed by atoms with Crippen LogP contribution >= 0.6 is 0 Å². The van der Waals surface area contributed by atoms with Crippen molar-refractivity contribution < 1.29 is 4.52 Å². The average molecular weight is 261 g/mol. The SMILES string of the molecule is CC(C)c1noc([C@H]2CCCN2Cc2ncc[nH]2)n1. The van der Waals surface area contributed by atoms with Gasteiger partial charge < -0.3 is 9.51 Å². The van der Waals surface area contributed by atoms with Gasteiger partial charge in [0, 0.05) is 18.3 Å². The number of nitrogens with one attached hydrogen (secondary N) is 1. The van der Waals surface area contributed by atoms with Crippen molar-refractivity contribution in [2.45, 2.75) is 45.2 Å². The van der Waals surface area contributed by atoms with Crippen molar-refractivity contribution in [3.63, 3.8) is 0 Å². The summed E-state index contributed by atoms with van der Waals surface area (Å²) >= 11 is 0. The van der Waals surface area contributed by atoms with Crippen molar-refractivity contribution in [1.82, 2.24) is 25.0 Å². The average Bonchev–Trinajstić information content (AvgIpc) is 3.09. The molecular weight excluding hydrogens is 242 g/mol. The molecule has 1 N–H and O–H groups in total. The van der Waals surface area contributed by atoms with E-state index in [1.54, 1.807) is 6.20 Å². The van der Waals surface area contributed by atoms with Gasteiger partial charge in [0.15, 0.2) is 5.82 Å². The molecule has 1 fully saturated rings. The van der Waals surface area contributed by atoms with Gasteiger partial charge in [0.05, 0.1) is 12.6 Å². The molecule has 0 saturated carbocycles. The zero-order valence-electron chi connectivity index (χ0n) is 11.3. The van der Waals surface area contributed by atoms with Gasteiger partial charge in [-0.2, -0.15) is 4.98 Å². The molecule has 0 spiro atoms. The van der Waals surface area contributed by atoms with Gasteiger partial charge in [-0.3, -0.25) is 4.90 Å². The Balaban J connectivity index is 1.74. The van der Waals surface area contributed by atoms with E-state index in [1.807, 2.05) is 6.20 Å². The minimum absolute atomic E-state index is 0.227. The molecule has 2 aromatic heterocycles. The number of H-pyrrole nitrogens is 1. The summed E-state index contributed by atoms with van der Waals surface area (Å²) in [6, 6.07) is 0.227. The Labute approximate surface area is 112 Å². The molecule has 0 aliphatic carbocycles. The van der Waals surface area contributed by atoms with Crippen LogP contribution in [0.1, 0.15) is 56.2 Å². The van der Waals surface area contributed by atoms with Gasteiger partial charge in [-0.1, -0.05) is 19.0 Å². The number of aromatic amines is 1. The lowest BCUT2D eigenvalue weighted by molar-refractivity contribution is 0.197. The normalized spacial score (nSPS) is 20.5. The highest BCUT2D eigenvalue weighted by Gasteiger charge is 2.31. The van der Waals surface area contributed by atoms with Crippen LogP contribution in [0.5, 0.6) is 0 Å². The monoisotopic (exact) mass is 261 g/mol. The van der Waals surface area contributed by atoms with E-state index in [9.17, 15) is 0 Å². The van der Waals surface area contributed by atoms with Crippen molar-refractivity contribution in [2.24, 2.45) is 0 Å². The Morgan fingerprint density at radius 3 is 3.11 bits per heavy atom. The molecule has 19 heavy (non-hydrogen) atoms. The van der Waals surface area contributed by atoms with Crippen LogP contribution in [0.15, 0.2) is 16.9 Å². The molecule has 6 heteroatoms. The lowest BCUT2D eigenvalue weighted by atomic mass is 10.2. The quantitative estimate of drug-likeness (QED) is 0.914. The Morgan fingerprint density at radius 1 is 1.53 bits per heavy atom. The van der Waals surface area contributed by atoms with E-state index in [0.29, 0.717) is 5.92 Å². The summed E-state index contributed by atoms with van der Waals surface area (Å²) in [5.74, 6) is 2.82. The zero-order valence-corrected chi connectivity index (χ0v) is 11.3. The topological polar surface area (TPSA) is 70.8 Å². The zero-order chi connectivity index (χ0) is 13.2. The van der Waals surface area contributed by atoms with Gasteiger partial charge in [0.1, 0.15) is 5.82 Å². The molecule has 0 amide bonds. The van der Waals surface area contributed by atoms with Crippen molar-refractivity contribution in [2.75, 3.05) is 6.54 Å². The Kier molecular flexibility index (Phi) is 3.33. The molecule has 0 unspecified atom stereocenters. The van der Waals surface area contributed by atoms with Crippen LogP contribution in [-0.2, 0) is 6.54 Å². The van der Waals surface area contributed by atoms with Gasteiger partial charge in [-0.05, 0) is 19.4 Å². The summed E-state index contributed by atoms with van der Waals surface area (Å²) in [6.07, 6.45) is 5.86. The first-order valence-corrected chi connectivity index (χ1v) is 6.80. The summed E-state index contributed by atoms with van der Waals surface area (Å²) in [6.45, 7) is 6.00. The second-order valence-corrected chi connectivity index (χ2v) is 5.31. The number of aromatic nitrogens is 4. The molecule has 1 aliphatic rings. The van der Waals surface area contributed by atoms with Crippen molar-refractivity contribution in [3.05, 3.63) is 29.9 Å². The molecule has 1 atom stereocenters. The summed E-state index contributed by atoms with van der Waals surface area (Å²) in [4.78, 5) is 14.3. The standard InChI is InChI=1S/C13H19N5O/c1-9(2)12-16-13(19-17-12)10-4-3-7-18(10)8-11-14-5-6-15-11/h5-6,9-10H,3-4,7-8H2,1-2H3,(H,14,15)/t10-/m1/s1. The van der Waals surface area contributed by atoms with E-state index >= 15 is 0 Å². The fraction of sp³-hybridized carbons (Fsp3) is 0.615. The third-order valence-corrected chi connectivity index (χ3v) is 3.53. The molecule has 1 saturated heterocycles. The van der Waals surface area contributed by atoms with Gasteiger partial charge in [0.25, 0.3) is 0 Å². The second-order valence-electron chi connectivity index (χ2n) is 5.31. The van der Waals surface area contributed by atoms with Crippen LogP contribution in [-0.4, -0.2) is 31.6 Å². The van der Waals surface area contributed by atoms with Crippen LogP contribution in [0.2, 0.25) is 0 Å². The third kappa shape index (κ3) is 2.53. The van der Waals surface area contributed by atoms with Gasteiger partial charge in [-0.25, -0.2) is 4.98 Å². The lowest BCUT2D eigenvalue weighted by Crippen LogP contribution is -2.23. The van der Waals surface area contributed by atoms with E-state index in [1.165, 1.54) is 0 Å². The smallest absolute Gasteiger partial charge is 0.244 e. The molecule has 102 valence electrons. The minimum Gasteiger partial charge on any atom is -0.348 e. The highest BCUT2D eigenvalue weighted by molar-refractivity contribution is 5.00. The maximum atomic E-state index is 5.43. The molecule has 3 heterocycles. The second kappa shape index (κ2) is 5.13. The summed E-state index contributed by atoms with van der Waals surface area (Å²) in [5.41, 5.74) is 0. The minimum atomic E-state index is 0.227. The largest absolute Gasteiger partial charge is 0.348 e. The van der Waals surface area contributed by atoms with Crippen LogP contribution in [0.3, 0.4) is 0 Å². The van der Waals surface area contributed by atoms with Crippen molar-refractivity contribution in [1.29, 1.82) is 0 Å². The third-order valence-electron chi connectivity index (χ3n) is 3.53. The molecule has 1 aliphatic heterocycles. The first-order chi connectivity index (χ1) is 9.24. The predicted molar refractivity (Wildman–Crippen MR) is 69.4 cm³/mol.